The Morgan fingerprint density at radius 3 is 2.57 bits per heavy atom. The normalized spacial score (nSPS) is 15.0. The highest BCUT2D eigenvalue weighted by Crippen LogP contribution is 2.33. The van der Waals surface area contributed by atoms with Crippen LogP contribution in [0.3, 0.4) is 0 Å². The molecule has 0 spiro atoms. The molecular formula is C24H19ClN2O3. The molecule has 0 radical (unpaired) electrons. The van der Waals surface area contributed by atoms with Crippen molar-refractivity contribution in [3.63, 3.8) is 0 Å². The van der Waals surface area contributed by atoms with Crippen molar-refractivity contribution in [1.82, 2.24) is 5.32 Å². The zero-order chi connectivity index (χ0) is 21.1. The van der Waals surface area contributed by atoms with Crippen molar-refractivity contribution in [2.24, 2.45) is 0 Å². The summed E-state index contributed by atoms with van der Waals surface area (Å²) < 4.78 is 5.75. The maximum Gasteiger partial charge on any atom is 0.291 e. The smallest absolute Gasteiger partial charge is 0.291 e. The zero-order valence-electron chi connectivity index (χ0n) is 16.2. The average molecular weight is 419 g/mol. The predicted octanol–water partition coefficient (Wildman–Crippen LogP) is 5.20. The maximum absolute atomic E-state index is 12.6. The number of fused-ring (bicyclic) bond motifs is 1. The van der Waals surface area contributed by atoms with Gasteiger partial charge in [-0.15, -0.1) is 0 Å². The van der Waals surface area contributed by atoms with E-state index in [-0.39, 0.29) is 17.7 Å². The topological polar surface area (TPSA) is 67.4 Å². The minimum absolute atomic E-state index is 0.130. The van der Waals surface area contributed by atoms with E-state index in [9.17, 15) is 9.59 Å². The number of carbonyl (C=O) groups is 2. The highest BCUT2D eigenvalue weighted by molar-refractivity contribution is 6.32. The summed E-state index contributed by atoms with van der Waals surface area (Å²) in [6.07, 6.45) is 1.59. The molecule has 2 amide bonds. The molecule has 1 aliphatic rings. The van der Waals surface area contributed by atoms with Crippen LogP contribution in [0.2, 0.25) is 5.02 Å². The monoisotopic (exact) mass is 418 g/mol. The van der Waals surface area contributed by atoms with Crippen LogP contribution in [0.4, 0.5) is 5.69 Å². The van der Waals surface area contributed by atoms with E-state index >= 15 is 0 Å². The fourth-order valence-electron chi connectivity index (χ4n) is 3.14. The van der Waals surface area contributed by atoms with Gasteiger partial charge in [-0.05, 0) is 48.4 Å². The van der Waals surface area contributed by atoms with Crippen molar-refractivity contribution < 1.29 is 14.3 Å². The Kier molecular flexibility index (Phi) is 5.55. The van der Waals surface area contributed by atoms with Crippen molar-refractivity contribution >= 4 is 35.2 Å². The van der Waals surface area contributed by atoms with Gasteiger partial charge in [0.1, 0.15) is 0 Å². The minimum Gasteiger partial charge on any atom is -0.449 e. The molecular weight excluding hydrogens is 400 g/mol. The summed E-state index contributed by atoms with van der Waals surface area (Å²) in [6.45, 7) is 1.92. The number of carbonyl (C=O) groups excluding carboxylic acids is 2. The lowest BCUT2D eigenvalue weighted by Gasteiger charge is -2.21. The molecule has 3 aromatic rings. The van der Waals surface area contributed by atoms with Gasteiger partial charge in [0.2, 0.25) is 0 Å². The fourth-order valence-corrected chi connectivity index (χ4v) is 3.33. The lowest BCUT2D eigenvalue weighted by Crippen LogP contribution is -2.27. The summed E-state index contributed by atoms with van der Waals surface area (Å²) in [5, 5.41) is 6.25. The van der Waals surface area contributed by atoms with Crippen molar-refractivity contribution in [2.75, 3.05) is 5.32 Å². The van der Waals surface area contributed by atoms with Crippen LogP contribution < -0.4 is 15.4 Å². The number of halogens is 1. The number of benzene rings is 3. The van der Waals surface area contributed by atoms with Gasteiger partial charge in [0.15, 0.2) is 11.5 Å². The quantitative estimate of drug-likeness (QED) is 0.572. The van der Waals surface area contributed by atoms with Gasteiger partial charge in [-0.1, -0.05) is 60.1 Å². The molecule has 1 aliphatic heterocycles. The van der Waals surface area contributed by atoms with Crippen molar-refractivity contribution in [3.05, 3.63) is 100 Å². The molecule has 2 N–H and O–H groups in total. The third-order valence-corrected chi connectivity index (χ3v) is 5.12. The summed E-state index contributed by atoms with van der Waals surface area (Å²) in [5.74, 6) is -0.0514. The van der Waals surface area contributed by atoms with Crippen LogP contribution >= 0.6 is 11.6 Å². The molecule has 1 atom stereocenters. The van der Waals surface area contributed by atoms with Crippen LogP contribution in [0.5, 0.6) is 5.75 Å². The fraction of sp³-hybridized carbons (Fsp3) is 0.0833. The standard InChI is InChI=1S/C24H19ClN2O3/c1-15(16-7-3-2-4-8-16)26-23(28)18-11-12-21-20(13-18)27-24(29)22(30-21)14-17-9-5-6-10-19(17)25/h2-15H,1H3,(H,26,28)(H,27,29)/b22-14-. The van der Waals surface area contributed by atoms with E-state index in [4.69, 9.17) is 16.3 Å². The Hall–Kier alpha value is -3.57. The molecule has 6 heteroatoms. The second-order valence-corrected chi connectivity index (χ2v) is 7.31. The Bertz CT molecular complexity index is 1140. The molecule has 5 nitrogen and oxygen atoms in total. The van der Waals surface area contributed by atoms with E-state index in [0.29, 0.717) is 27.6 Å². The summed E-state index contributed by atoms with van der Waals surface area (Å²) in [6, 6.07) is 21.7. The molecule has 0 aliphatic carbocycles. The van der Waals surface area contributed by atoms with Gasteiger partial charge < -0.3 is 15.4 Å². The van der Waals surface area contributed by atoms with Crippen LogP contribution in [-0.4, -0.2) is 11.8 Å². The number of nitrogens with one attached hydrogen (secondary N) is 2. The molecule has 0 saturated heterocycles. The average Bonchev–Trinajstić information content (AvgIpc) is 2.76. The van der Waals surface area contributed by atoms with Gasteiger partial charge in [0.25, 0.3) is 11.8 Å². The van der Waals surface area contributed by atoms with Crippen LogP contribution in [-0.2, 0) is 4.79 Å². The predicted molar refractivity (Wildman–Crippen MR) is 117 cm³/mol. The first-order valence-electron chi connectivity index (χ1n) is 9.46. The lowest BCUT2D eigenvalue weighted by atomic mass is 10.1. The minimum atomic E-state index is -0.405. The number of hydrogen-bond donors (Lipinski definition) is 2. The van der Waals surface area contributed by atoms with Gasteiger partial charge in [0.05, 0.1) is 11.7 Å². The van der Waals surface area contributed by atoms with Crippen LogP contribution in [0.15, 0.2) is 78.6 Å². The number of rotatable bonds is 4. The van der Waals surface area contributed by atoms with E-state index in [1.54, 1.807) is 36.4 Å². The molecule has 0 saturated carbocycles. The van der Waals surface area contributed by atoms with Gasteiger partial charge in [-0.25, -0.2) is 0 Å². The van der Waals surface area contributed by atoms with Crippen LogP contribution in [0.1, 0.15) is 34.5 Å². The summed E-state index contributed by atoms with van der Waals surface area (Å²) in [5.41, 5.74) is 2.56. The van der Waals surface area contributed by atoms with Gasteiger partial charge in [-0.3, -0.25) is 9.59 Å². The van der Waals surface area contributed by atoms with Crippen molar-refractivity contribution in [3.8, 4) is 5.75 Å². The van der Waals surface area contributed by atoms with Crippen LogP contribution in [0.25, 0.3) is 6.08 Å². The molecule has 4 rings (SSSR count). The first-order chi connectivity index (χ1) is 14.5. The molecule has 0 bridgehead atoms. The highest BCUT2D eigenvalue weighted by Gasteiger charge is 2.24. The Balaban J connectivity index is 1.52. The van der Waals surface area contributed by atoms with E-state index in [1.165, 1.54) is 0 Å². The van der Waals surface area contributed by atoms with E-state index in [2.05, 4.69) is 10.6 Å². The molecule has 0 fully saturated rings. The molecule has 1 unspecified atom stereocenters. The third kappa shape index (κ3) is 4.21. The Labute approximate surface area is 179 Å². The number of hydrogen-bond acceptors (Lipinski definition) is 3. The first-order valence-corrected chi connectivity index (χ1v) is 9.84. The number of ether oxygens (including phenoxy) is 1. The highest BCUT2D eigenvalue weighted by atomic mass is 35.5. The van der Waals surface area contributed by atoms with Gasteiger partial charge in [-0.2, -0.15) is 0 Å². The summed E-state index contributed by atoms with van der Waals surface area (Å²) in [4.78, 5) is 25.1. The van der Waals surface area contributed by atoms with E-state index < -0.39 is 5.91 Å². The second-order valence-electron chi connectivity index (χ2n) is 6.90. The zero-order valence-corrected chi connectivity index (χ0v) is 16.9. The number of anilines is 1. The van der Waals surface area contributed by atoms with Gasteiger partial charge >= 0.3 is 0 Å². The molecule has 30 heavy (non-hydrogen) atoms. The van der Waals surface area contributed by atoms with Crippen molar-refractivity contribution in [1.29, 1.82) is 0 Å². The molecule has 150 valence electrons. The van der Waals surface area contributed by atoms with Gasteiger partial charge in [0, 0.05) is 10.6 Å². The molecule has 1 heterocycles. The van der Waals surface area contributed by atoms with Crippen molar-refractivity contribution in [2.45, 2.75) is 13.0 Å². The third-order valence-electron chi connectivity index (χ3n) is 4.77. The first kappa shape index (κ1) is 19.7. The Morgan fingerprint density at radius 2 is 1.80 bits per heavy atom. The lowest BCUT2D eigenvalue weighted by molar-refractivity contribution is -0.115. The molecule has 3 aromatic carbocycles. The summed E-state index contributed by atoms with van der Waals surface area (Å²) >= 11 is 6.16. The Morgan fingerprint density at radius 1 is 1.07 bits per heavy atom. The second kappa shape index (κ2) is 8.43. The van der Waals surface area contributed by atoms with E-state index in [1.807, 2.05) is 49.4 Å². The maximum atomic E-state index is 12.6. The largest absolute Gasteiger partial charge is 0.449 e. The molecule has 0 aromatic heterocycles. The number of amides is 2. The summed E-state index contributed by atoms with van der Waals surface area (Å²) in [7, 11) is 0. The SMILES string of the molecule is CC(NC(=O)c1ccc2c(c1)NC(=O)/C(=C/c1ccccc1Cl)O2)c1ccccc1. The van der Waals surface area contributed by atoms with E-state index in [0.717, 1.165) is 5.56 Å². The van der Waals surface area contributed by atoms with Crippen LogP contribution in [0, 0.1) is 0 Å².